The Hall–Kier alpha value is -1.43. The second-order valence-corrected chi connectivity index (χ2v) is 3.33. The van der Waals surface area contributed by atoms with Crippen LogP contribution in [0.1, 0.15) is 24.3 Å². The lowest BCUT2D eigenvalue weighted by Crippen LogP contribution is -2.39. The fourth-order valence-corrected chi connectivity index (χ4v) is 0.938. The summed E-state index contributed by atoms with van der Waals surface area (Å²) in [5, 5.41) is 12.4. The summed E-state index contributed by atoms with van der Waals surface area (Å²) in [4.78, 5) is 11.5. The van der Waals surface area contributed by atoms with Gasteiger partial charge in [0.25, 0.3) is 5.91 Å². The maximum absolute atomic E-state index is 11.5. The number of hydrogen-bond acceptors (Lipinski definition) is 4. The van der Waals surface area contributed by atoms with Crippen LogP contribution in [0.5, 0.6) is 0 Å². The largest absolute Gasteiger partial charge is 0.348 e. The van der Waals surface area contributed by atoms with Crippen molar-refractivity contribution in [3.05, 3.63) is 11.9 Å². The highest BCUT2D eigenvalue weighted by Crippen LogP contribution is 2.00. The maximum atomic E-state index is 11.5. The van der Waals surface area contributed by atoms with Crippen molar-refractivity contribution in [2.75, 3.05) is 6.54 Å². The minimum absolute atomic E-state index is 0.0317. The van der Waals surface area contributed by atoms with E-state index in [0.29, 0.717) is 12.2 Å². The highest BCUT2D eigenvalue weighted by Gasteiger charge is 2.15. The van der Waals surface area contributed by atoms with Crippen LogP contribution in [0.15, 0.2) is 6.20 Å². The topological polar surface area (TPSA) is 96.7 Å². The fourth-order valence-electron chi connectivity index (χ4n) is 0.938. The average Bonchev–Trinajstić information content (AvgIpc) is 2.69. The van der Waals surface area contributed by atoms with Crippen molar-refractivity contribution in [3.63, 3.8) is 0 Å². The van der Waals surface area contributed by atoms with Crippen molar-refractivity contribution in [2.45, 2.75) is 19.9 Å². The molecule has 2 atom stereocenters. The lowest BCUT2D eigenvalue weighted by atomic mass is 10.0. The molecule has 4 N–H and O–H groups in total. The third-order valence-corrected chi connectivity index (χ3v) is 2.23. The molecule has 6 heteroatoms. The lowest BCUT2D eigenvalue weighted by Gasteiger charge is -2.18. The van der Waals surface area contributed by atoms with E-state index in [1.807, 2.05) is 13.8 Å². The highest BCUT2D eigenvalue weighted by molar-refractivity contribution is 5.91. The van der Waals surface area contributed by atoms with E-state index in [1.54, 1.807) is 0 Å². The van der Waals surface area contributed by atoms with E-state index in [0.717, 1.165) is 0 Å². The van der Waals surface area contributed by atoms with Gasteiger partial charge in [0.1, 0.15) is 0 Å². The summed E-state index contributed by atoms with van der Waals surface area (Å²) in [5.74, 6) is 0.0115. The van der Waals surface area contributed by atoms with Crippen LogP contribution in [0.4, 0.5) is 0 Å². The number of H-pyrrole nitrogens is 1. The van der Waals surface area contributed by atoms with Crippen LogP contribution < -0.4 is 11.1 Å². The van der Waals surface area contributed by atoms with Crippen LogP contribution in [-0.4, -0.2) is 33.9 Å². The number of aromatic amines is 1. The number of hydrogen-bond donors (Lipinski definition) is 3. The van der Waals surface area contributed by atoms with Gasteiger partial charge in [-0.1, -0.05) is 6.92 Å². The molecule has 2 unspecified atom stereocenters. The quantitative estimate of drug-likeness (QED) is 0.607. The summed E-state index contributed by atoms with van der Waals surface area (Å²) in [5.41, 5.74) is 5.77. The van der Waals surface area contributed by atoms with Gasteiger partial charge in [0.15, 0.2) is 5.69 Å². The zero-order chi connectivity index (χ0) is 10.6. The van der Waals surface area contributed by atoms with Gasteiger partial charge in [-0.25, -0.2) is 0 Å². The Morgan fingerprint density at radius 1 is 1.71 bits per heavy atom. The molecule has 0 spiro atoms. The molecule has 0 bridgehead atoms. The van der Waals surface area contributed by atoms with Crippen LogP contribution in [0.25, 0.3) is 0 Å². The first-order chi connectivity index (χ1) is 6.65. The van der Waals surface area contributed by atoms with E-state index in [4.69, 9.17) is 5.73 Å². The number of aromatic nitrogens is 3. The predicted octanol–water partition coefficient (Wildman–Crippen LogP) is -0.482. The van der Waals surface area contributed by atoms with Gasteiger partial charge in [0.2, 0.25) is 0 Å². The summed E-state index contributed by atoms with van der Waals surface area (Å²) >= 11 is 0. The number of amides is 1. The Labute approximate surface area is 82.3 Å². The third-order valence-electron chi connectivity index (χ3n) is 2.23. The molecule has 0 radical (unpaired) electrons. The minimum atomic E-state index is -0.230. The van der Waals surface area contributed by atoms with Gasteiger partial charge in [-0.05, 0) is 19.4 Å². The van der Waals surface area contributed by atoms with E-state index in [2.05, 4.69) is 20.7 Å². The van der Waals surface area contributed by atoms with E-state index >= 15 is 0 Å². The highest BCUT2D eigenvalue weighted by atomic mass is 16.2. The van der Waals surface area contributed by atoms with Crippen molar-refractivity contribution in [2.24, 2.45) is 11.7 Å². The molecule has 1 aromatic heterocycles. The van der Waals surface area contributed by atoms with Crippen molar-refractivity contribution < 1.29 is 4.79 Å². The molecule has 6 nitrogen and oxygen atoms in total. The summed E-state index contributed by atoms with van der Waals surface area (Å²) in [6, 6.07) is 0.0317. The van der Waals surface area contributed by atoms with Crippen molar-refractivity contribution >= 4 is 5.91 Å². The number of carbonyl (C=O) groups is 1. The molecule has 1 aromatic rings. The van der Waals surface area contributed by atoms with Crippen LogP contribution in [0, 0.1) is 5.92 Å². The lowest BCUT2D eigenvalue weighted by molar-refractivity contribution is 0.0924. The molecular weight excluding hydrogens is 182 g/mol. The van der Waals surface area contributed by atoms with E-state index in [9.17, 15) is 4.79 Å². The van der Waals surface area contributed by atoms with Gasteiger partial charge in [0.05, 0.1) is 6.20 Å². The van der Waals surface area contributed by atoms with E-state index < -0.39 is 0 Å². The van der Waals surface area contributed by atoms with Gasteiger partial charge < -0.3 is 11.1 Å². The number of rotatable bonds is 4. The minimum Gasteiger partial charge on any atom is -0.348 e. The number of nitrogens with two attached hydrogens (primary N) is 1. The number of nitrogens with one attached hydrogen (secondary N) is 2. The first kappa shape index (κ1) is 10.6. The monoisotopic (exact) mass is 197 g/mol. The molecule has 0 fully saturated rings. The number of carbonyl (C=O) groups excluding carboxylic acids is 1. The van der Waals surface area contributed by atoms with Crippen molar-refractivity contribution in [1.29, 1.82) is 0 Å². The van der Waals surface area contributed by atoms with Crippen LogP contribution in [0.3, 0.4) is 0 Å². The van der Waals surface area contributed by atoms with Crippen LogP contribution in [-0.2, 0) is 0 Å². The van der Waals surface area contributed by atoms with Crippen molar-refractivity contribution in [1.82, 2.24) is 20.7 Å². The summed E-state index contributed by atoms with van der Waals surface area (Å²) in [6.45, 7) is 4.43. The Morgan fingerprint density at radius 3 is 2.93 bits per heavy atom. The molecule has 0 aliphatic rings. The standard InChI is InChI=1S/C8H15N5O/c1-5(3-9)6(2)11-8(14)7-4-10-13-12-7/h4-6H,3,9H2,1-2H3,(H,11,14)(H,10,12,13). The van der Waals surface area contributed by atoms with Gasteiger partial charge in [-0.3, -0.25) is 4.79 Å². The Morgan fingerprint density at radius 2 is 2.43 bits per heavy atom. The Kier molecular flexibility index (Phi) is 3.58. The molecule has 0 aliphatic carbocycles. The van der Waals surface area contributed by atoms with E-state index in [1.165, 1.54) is 6.20 Å². The van der Waals surface area contributed by atoms with Gasteiger partial charge in [-0.2, -0.15) is 15.4 Å². The molecule has 0 saturated heterocycles. The fraction of sp³-hybridized carbons (Fsp3) is 0.625. The second-order valence-electron chi connectivity index (χ2n) is 3.33. The van der Waals surface area contributed by atoms with Gasteiger partial charge in [-0.15, -0.1) is 0 Å². The Balaban J connectivity index is 2.49. The number of nitrogens with zero attached hydrogens (tertiary/aromatic N) is 2. The first-order valence-corrected chi connectivity index (χ1v) is 4.52. The zero-order valence-electron chi connectivity index (χ0n) is 8.32. The van der Waals surface area contributed by atoms with Gasteiger partial charge in [0, 0.05) is 6.04 Å². The molecule has 1 amide bonds. The molecule has 0 aromatic carbocycles. The normalized spacial score (nSPS) is 14.8. The zero-order valence-corrected chi connectivity index (χ0v) is 8.32. The predicted molar refractivity (Wildman–Crippen MR) is 51.5 cm³/mol. The molecule has 78 valence electrons. The summed E-state index contributed by atoms with van der Waals surface area (Å²) in [6.07, 6.45) is 1.38. The summed E-state index contributed by atoms with van der Waals surface area (Å²) < 4.78 is 0. The molecule has 0 saturated carbocycles. The Bertz CT molecular complexity index is 284. The summed E-state index contributed by atoms with van der Waals surface area (Å²) in [7, 11) is 0. The average molecular weight is 197 g/mol. The van der Waals surface area contributed by atoms with Crippen LogP contribution >= 0.6 is 0 Å². The molecule has 14 heavy (non-hydrogen) atoms. The molecular formula is C8H15N5O. The van der Waals surface area contributed by atoms with Crippen LogP contribution in [0.2, 0.25) is 0 Å². The van der Waals surface area contributed by atoms with Gasteiger partial charge >= 0.3 is 0 Å². The third kappa shape index (κ3) is 2.53. The second kappa shape index (κ2) is 4.71. The molecule has 1 heterocycles. The molecule has 1 rings (SSSR count). The first-order valence-electron chi connectivity index (χ1n) is 4.52. The smallest absolute Gasteiger partial charge is 0.273 e. The SMILES string of the molecule is CC(CN)C(C)NC(=O)c1cn[nH]n1. The maximum Gasteiger partial charge on any atom is 0.273 e. The molecule has 0 aliphatic heterocycles. The van der Waals surface area contributed by atoms with E-state index in [-0.39, 0.29) is 17.9 Å². The van der Waals surface area contributed by atoms with Crippen molar-refractivity contribution in [3.8, 4) is 0 Å².